The van der Waals surface area contributed by atoms with Gasteiger partial charge in [-0.15, -0.1) is 0 Å². The standard InChI is InChI=1S/C44H36O22/c45-18-9-21(46)19(22(47)10-18)11-33(65-43(62)16-5-28(53)40(60)29(54)6-16)35(14-1-24(49)38(58)25(50)2-14)36-23(48)13-32-20(37(36)57)12-34(42(64-32)15-3-26(51)39(59)27(52)4-15)66-44(63)17-7-30(55)41(61)31(56)8-17/h1-10,13,33-35,42,45-61H,11-12H2/t33-,34-,35+,42-/m1/s1. The fourth-order valence-corrected chi connectivity index (χ4v) is 7.49. The number of hydrogen-bond donors (Lipinski definition) is 17. The van der Waals surface area contributed by atoms with Crippen molar-refractivity contribution in [1.82, 2.24) is 0 Å². The Morgan fingerprint density at radius 2 is 0.955 bits per heavy atom. The predicted octanol–water partition coefficient (Wildman–Crippen LogP) is 4.18. The van der Waals surface area contributed by atoms with Crippen molar-refractivity contribution in [3.05, 3.63) is 106 Å². The Bertz CT molecular complexity index is 2850. The van der Waals surface area contributed by atoms with Gasteiger partial charge in [0.1, 0.15) is 46.7 Å². The van der Waals surface area contributed by atoms with E-state index < -0.39 is 169 Å². The highest BCUT2D eigenvalue weighted by Crippen LogP contribution is 2.53. The summed E-state index contributed by atoms with van der Waals surface area (Å²) in [4.78, 5) is 27.5. The minimum absolute atomic E-state index is 0.176. The molecular weight excluding hydrogens is 880 g/mol. The number of benzene rings is 6. The number of rotatable bonds is 10. The predicted molar refractivity (Wildman–Crippen MR) is 218 cm³/mol. The summed E-state index contributed by atoms with van der Waals surface area (Å²) in [5, 5.41) is 179. The molecule has 4 atom stereocenters. The second-order valence-corrected chi connectivity index (χ2v) is 15.0. The van der Waals surface area contributed by atoms with Crippen molar-refractivity contribution in [2.45, 2.75) is 37.1 Å². The van der Waals surface area contributed by atoms with Gasteiger partial charge in [0.05, 0.1) is 17.0 Å². The maximum atomic E-state index is 13.9. The molecule has 66 heavy (non-hydrogen) atoms. The van der Waals surface area contributed by atoms with Crippen molar-refractivity contribution in [3.63, 3.8) is 0 Å². The van der Waals surface area contributed by atoms with Gasteiger partial charge in [0, 0.05) is 53.3 Å². The van der Waals surface area contributed by atoms with Crippen molar-refractivity contribution < 1.29 is 111 Å². The topological polar surface area (TPSA) is 406 Å². The Hall–Kier alpha value is -9.34. The molecule has 1 heterocycles. The van der Waals surface area contributed by atoms with Crippen LogP contribution >= 0.6 is 0 Å². The quantitative estimate of drug-likeness (QED) is 0.0676. The first kappa shape index (κ1) is 44.7. The number of ether oxygens (including phenoxy) is 3. The van der Waals surface area contributed by atoms with Gasteiger partial charge in [-0.05, 0) is 54.1 Å². The van der Waals surface area contributed by atoms with Crippen LogP contribution in [-0.4, -0.2) is 111 Å². The fourth-order valence-electron chi connectivity index (χ4n) is 7.49. The zero-order valence-electron chi connectivity index (χ0n) is 33.2. The van der Waals surface area contributed by atoms with E-state index in [0.717, 1.165) is 54.6 Å². The number of hydrogen-bond acceptors (Lipinski definition) is 22. The van der Waals surface area contributed by atoms with E-state index in [4.69, 9.17) is 14.2 Å². The fraction of sp³-hybridized carbons (Fsp3) is 0.136. The highest BCUT2D eigenvalue weighted by Gasteiger charge is 2.42. The largest absolute Gasteiger partial charge is 0.508 e. The third kappa shape index (κ3) is 8.19. The van der Waals surface area contributed by atoms with Crippen molar-refractivity contribution in [3.8, 4) is 103 Å². The van der Waals surface area contributed by atoms with Gasteiger partial charge in [-0.25, -0.2) is 9.59 Å². The van der Waals surface area contributed by atoms with E-state index in [1.54, 1.807) is 0 Å². The monoisotopic (exact) mass is 916 g/mol. The van der Waals surface area contributed by atoms with Crippen LogP contribution < -0.4 is 4.74 Å². The minimum Gasteiger partial charge on any atom is -0.508 e. The average Bonchev–Trinajstić information content (AvgIpc) is 3.24. The zero-order valence-corrected chi connectivity index (χ0v) is 33.2. The molecule has 22 heteroatoms. The number of carbonyl (C=O) groups is 2. The molecule has 0 spiro atoms. The first-order valence-electron chi connectivity index (χ1n) is 18.9. The van der Waals surface area contributed by atoms with Crippen LogP contribution in [-0.2, 0) is 22.3 Å². The van der Waals surface area contributed by atoms with Crippen LogP contribution in [0.1, 0.15) is 60.6 Å². The summed E-state index contributed by atoms with van der Waals surface area (Å²) in [6.45, 7) is 0. The van der Waals surface area contributed by atoms with E-state index in [1.165, 1.54) is 0 Å². The lowest BCUT2D eigenvalue weighted by Crippen LogP contribution is -2.35. The summed E-state index contributed by atoms with van der Waals surface area (Å²) in [7, 11) is 0. The average molecular weight is 917 g/mol. The molecule has 0 aromatic heterocycles. The van der Waals surface area contributed by atoms with Crippen LogP contribution in [0.25, 0.3) is 0 Å². The van der Waals surface area contributed by atoms with Gasteiger partial charge in [-0.2, -0.15) is 0 Å². The molecule has 0 saturated carbocycles. The van der Waals surface area contributed by atoms with E-state index in [-0.39, 0.29) is 22.4 Å². The molecule has 1 aliphatic heterocycles. The minimum atomic E-state index is -1.99. The van der Waals surface area contributed by atoms with E-state index in [1.807, 2.05) is 0 Å². The summed E-state index contributed by atoms with van der Waals surface area (Å²) >= 11 is 0. The molecule has 0 unspecified atom stereocenters. The summed E-state index contributed by atoms with van der Waals surface area (Å²) in [5.41, 5.74) is -3.18. The van der Waals surface area contributed by atoms with Crippen LogP contribution in [0.2, 0.25) is 0 Å². The molecule has 7 rings (SSSR count). The van der Waals surface area contributed by atoms with E-state index in [0.29, 0.717) is 12.1 Å². The van der Waals surface area contributed by atoms with Crippen molar-refractivity contribution >= 4 is 11.9 Å². The first-order valence-corrected chi connectivity index (χ1v) is 18.9. The summed E-state index contributed by atoms with van der Waals surface area (Å²) in [6.07, 6.45) is -6.72. The molecule has 344 valence electrons. The molecule has 0 saturated heterocycles. The lowest BCUT2D eigenvalue weighted by atomic mass is 9.80. The van der Waals surface area contributed by atoms with E-state index in [2.05, 4.69) is 0 Å². The number of carbonyl (C=O) groups excluding carboxylic acids is 2. The first-order chi connectivity index (χ1) is 31.0. The van der Waals surface area contributed by atoms with Crippen LogP contribution in [0.5, 0.6) is 103 Å². The Morgan fingerprint density at radius 3 is 1.44 bits per heavy atom. The molecule has 0 fully saturated rings. The normalized spacial score (nSPS) is 15.2. The number of fused-ring (bicyclic) bond motifs is 1. The molecule has 0 bridgehead atoms. The second-order valence-electron chi connectivity index (χ2n) is 15.0. The van der Waals surface area contributed by atoms with Gasteiger partial charge < -0.3 is 101 Å². The van der Waals surface area contributed by atoms with Gasteiger partial charge in [0.2, 0.25) is 0 Å². The van der Waals surface area contributed by atoms with E-state index in [9.17, 15) is 96.4 Å². The molecular formula is C44H36O22. The van der Waals surface area contributed by atoms with Crippen molar-refractivity contribution in [2.75, 3.05) is 0 Å². The van der Waals surface area contributed by atoms with Gasteiger partial charge in [-0.3, -0.25) is 0 Å². The van der Waals surface area contributed by atoms with Crippen LogP contribution in [0.3, 0.4) is 0 Å². The van der Waals surface area contributed by atoms with Crippen molar-refractivity contribution in [1.29, 1.82) is 0 Å². The number of phenolic OH excluding ortho intramolecular Hbond substituents is 17. The zero-order chi connectivity index (χ0) is 48.2. The Morgan fingerprint density at radius 1 is 0.515 bits per heavy atom. The van der Waals surface area contributed by atoms with Crippen LogP contribution in [0.4, 0.5) is 0 Å². The van der Waals surface area contributed by atoms with E-state index >= 15 is 0 Å². The number of aromatic hydroxyl groups is 17. The third-order valence-electron chi connectivity index (χ3n) is 10.7. The molecule has 0 aliphatic carbocycles. The Balaban J connectivity index is 1.43. The number of phenols is 17. The van der Waals surface area contributed by atoms with Crippen LogP contribution in [0.15, 0.2) is 66.7 Å². The number of esters is 2. The maximum absolute atomic E-state index is 13.9. The molecule has 0 radical (unpaired) electrons. The molecule has 1 aliphatic rings. The second kappa shape index (κ2) is 16.7. The van der Waals surface area contributed by atoms with Gasteiger partial charge in [-0.1, -0.05) is 0 Å². The van der Waals surface area contributed by atoms with Gasteiger partial charge in [0.15, 0.2) is 75.1 Å². The van der Waals surface area contributed by atoms with Crippen LogP contribution in [0, 0.1) is 0 Å². The molecule has 6 aromatic rings. The summed E-state index contributed by atoms with van der Waals surface area (Å²) in [5.74, 6) is -20.8. The molecule has 0 amide bonds. The third-order valence-corrected chi connectivity index (χ3v) is 10.7. The maximum Gasteiger partial charge on any atom is 0.338 e. The molecule has 6 aromatic carbocycles. The lowest BCUT2D eigenvalue weighted by Gasteiger charge is -2.36. The highest BCUT2D eigenvalue weighted by molar-refractivity contribution is 5.92. The smallest absolute Gasteiger partial charge is 0.338 e. The van der Waals surface area contributed by atoms with Gasteiger partial charge >= 0.3 is 11.9 Å². The SMILES string of the molecule is O=C(O[C@H](Cc1c(O)cc(O)cc1O)[C@H](c1cc(O)c(O)c(O)c1)c1c(O)cc2c(c1O)C[C@@H](OC(=O)c1cc(O)c(O)c(O)c1)[C@@H](c1cc(O)c(O)c(O)c1)O2)c1cc(O)c(O)c(O)c1. The summed E-state index contributed by atoms with van der Waals surface area (Å²) in [6, 6.07) is 8.71. The summed E-state index contributed by atoms with van der Waals surface area (Å²) < 4.78 is 17.6. The molecule has 22 nitrogen and oxygen atoms in total. The highest BCUT2D eigenvalue weighted by atomic mass is 16.6. The van der Waals surface area contributed by atoms with Gasteiger partial charge in [0.25, 0.3) is 0 Å². The Kier molecular flexibility index (Phi) is 11.3. The molecule has 17 N–H and O–H groups in total. The Labute approximate surface area is 368 Å². The lowest BCUT2D eigenvalue weighted by molar-refractivity contribution is -0.0190. The van der Waals surface area contributed by atoms with Crippen molar-refractivity contribution in [2.24, 2.45) is 0 Å².